The third-order valence-corrected chi connectivity index (χ3v) is 4.19. The van der Waals surface area contributed by atoms with Crippen LogP contribution in [0.3, 0.4) is 0 Å². The van der Waals surface area contributed by atoms with Gasteiger partial charge in [0.1, 0.15) is 32.7 Å². The van der Waals surface area contributed by atoms with Gasteiger partial charge in [0.25, 0.3) is 0 Å². The summed E-state index contributed by atoms with van der Waals surface area (Å²) in [6.45, 7) is 12.4. The summed E-state index contributed by atoms with van der Waals surface area (Å²) in [5.74, 6) is 1.02. The summed E-state index contributed by atoms with van der Waals surface area (Å²) >= 11 is 0. The average molecular weight is 254 g/mol. The monoisotopic (exact) mass is 254 g/mol. The highest BCUT2D eigenvalue weighted by Crippen LogP contribution is 2.18. The van der Waals surface area contributed by atoms with Gasteiger partial charge in [0.15, 0.2) is 0 Å². The molecule has 0 unspecified atom stereocenters. The SMILES string of the molecule is CCC(C)(C)n1nnnc1C[NH+]1CC[NH+](C)CC1. The molecule has 0 atom stereocenters. The van der Waals surface area contributed by atoms with Gasteiger partial charge in [-0.1, -0.05) is 6.92 Å². The van der Waals surface area contributed by atoms with Crippen LogP contribution < -0.4 is 9.80 Å². The minimum absolute atomic E-state index is 0.0100. The summed E-state index contributed by atoms with van der Waals surface area (Å²) in [6.07, 6.45) is 1.03. The summed E-state index contributed by atoms with van der Waals surface area (Å²) in [7, 11) is 2.26. The fourth-order valence-electron chi connectivity index (χ4n) is 2.37. The van der Waals surface area contributed by atoms with Crippen LogP contribution in [0.2, 0.25) is 0 Å². The quantitative estimate of drug-likeness (QED) is 0.637. The number of hydrogen-bond donors (Lipinski definition) is 2. The predicted molar refractivity (Wildman–Crippen MR) is 68.5 cm³/mol. The third-order valence-electron chi connectivity index (χ3n) is 4.19. The summed E-state index contributed by atoms with van der Waals surface area (Å²) < 4.78 is 2.01. The van der Waals surface area contributed by atoms with Crippen molar-refractivity contribution >= 4 is 0 Å². The minimum Gasteiger partial charge on any atom is -0.328 e. The Balaban J connectivity index is 2.04. The second kappa shape index (κ2) is 5.32. The number of hydrogen-bond acceptors (Lipinski definition) is 3. The molecule has 0 radical (unpaired) electrons. The molecular formula is C12H26N6+2. The van der Waals surface area contributed by atoms with E-state index in [1.165, 1.54) is 26.2 Å². The van der Waals surface area contributed by atoms with Crippen LogP contribution in [0.25, 0.3) is 0 Å². The second-order valence-corrected chi connectivity index (χ2v) is 6.06. The number of piperazine rings is 1. The van der Waals surface area contributed by atoms with E-state index in [9.17, 15) is 0 Å². The fraction of sp³-hybridized carbons (Fsp3) is 0.917. The van der Waals surface area contributed by atoms with Crippen LogP contribution in [-0.2, 0) is 12.1 Å². The Morgan fingerprint density at radius 2 is 1.89 bits per heavy atom. The lowest BCUT2D eigenvalue weighted by molar-refractivity contribution is -1.01. The first kappa shape index (κ1) is 13.4. The average Bonchev–Trinajstić information content (AvgIpc) is 2.81. The van der Waals surface area contributed by atoms with Gasteiger partial charge in [0.2, 0.25) is 5.82 Å². The Kier molecular flexibility index (Phi) is 3.97. The fourth-order valence-corrected chi connectivity index (χ4v) is 2.37. The summed E-state index contributed by atoms with van der Waals surface area (Å²) in [5, 5.41) is 12.3. The normalized spacial score (nSPS) is 25.3. The van der Waals surface area contributed by atoms with Crippen molar-refractivity contribution < 1.29 is 9.80 Å². The number of rotatable bonds is 4. The zero-order valence-electron chi connectivity index (χ0n) is 12.0. The molecule has 18 heavy (non-hydrogen) atoms. The Labute approximate surface area is 109 Å². The van der Waals surface area contributed by atoms with E-state index in [4.69, 9.17) is 0 Å². The van der Waals surface area contributed by atoms with E-state index < -0.39 is 0 Å². The van der Waals surface area contributed by atoms with Crippen LogP contribution in [0.4, 0.5) is 0 Å². The van der Waals surface area contributed by atoms with Gasteiger partial charge in [-0.3, -0.25) is 0 Å². The van der Waals surface area contributed by atoms with Crippen LogP contribution in [0.1, 0.15) is 33.0 Å². The first-order chi connectivity index (χ1) is 8.53. The topological polar surface area (TPSA) is 52.5 Å². The first-order valence-electron chi connectivity index (χ1n) is 6.95. The Morgan fingerprint density at radius 1 is 1.22 bits per heavy atom. The maximum atomic E-state index is 4.22. The van der Waals surface area contributed by atoms with Gasteiger partial charge < -0.3 is 9.80 Å². The molecule has 1 aromatic heterocycles. The molecule has 6 heteroatoms. The number of nitrogens with zero attached hydrogens (tertiary/aromatic N) is 4. The van der Waals surface area contributed by atoms with Gasteiger partial charge in [-0.15, -0.1) is 5.10 Å². The molecule has 0 saturated carbocycles. The first-order valence-corrected chi connectivity index (χ1v) is 6.95. The van der Waals surface area contributed by atoms with E-state index in [0.29, 0.717) is 0 Å². The number of tetrazole rings is 1. The van der Waals surface area contributed by atoms with Crippen LogP contribution in [-0.4, -0.2) is 53.4 Å². The summed E-state index contributed by atoms with van der Waals surface area (Å²) in [4.78, 5) is 3.23. The van der Waals surface area contributed by atoms with Crippen LogP contribution in [0.5, 0.6) is 0 Å². The van der Waals surface area contributed by atoms with Gasteiger partial charge in [-0.25, -0.2) is 4.68 Å². The predicted octanol–water partition coefficient (Wildman–Crippen LogP) is -2.27. The molecule has 1 saturated heterocycles. The number of likely N-dealkylation sites (N-methyl/N-ethyl adjacent to an activating group) is 1. The van der Waals surface area contributed by atoms with E-state index in [1.807, 2.05) is 4.68 Å². The maximum absolute atomic E-state index is 4.22. The van der Waals surface area contributed by atoms with Gasteiger partial charge in [-0.2, -0.15) is 0 Å². The Hall–Kier alpha value is -1.01. The molecule has 1 fully saturated rings. The van der Waals surface area contributed by atoms with E-state index in [1.54, 1.807) is 9.80 Å². The van der Waals surface area contributed by atoms with Crippen molar-refractivity contribution in [1.29, 1.82) is 0 Å². The number of nitrogens with one attached hydrogen (secondary N) is 2. The van der Waals surface area contributed by atoms with Gasteiger partial charge in [-0.05, 0) is 30.7 Å². The van der Waals surface area contributed by atoms with E-state index in [-0.39, 0.29) is 5.54 Å². The highest BCUT2D eigenvalue weighted by molar-refractivity contribution is 4.85. The van der Waals surface area contributed by atoms with E-state index in [2.05, 4.69) is 43.3 Å². The lowest BCUT2D eigenvalue weighted by Crippen LogP contribution is -3.26. The molecule has 0 aromatic carbocycles. The van der Waals surface area contributed by atoms with E-state index in [0.717, 1.165) is 18.8 Å². The summed E-state index contributed by atoms with van der Waals surface area (Å²) in [6, 6.07) is 0. The molecule has 1 aromatic rings. The molecule has 0 aliphatic carbocycles. The molecule has 0 bridgehead atoms. The summed E-state index contributed by atoms with van der Waals surface area (Å²) in [5.41, 5.74) is 0.0100. The molecular weight excluding hydrogens is 228 g/mol. The molecule has 1 aliphatic heterocycles. The maximum Gasteiger partial charge on any atom is 0.206 e. The highest BCUT2D eigenvalue weighted by Gasteiger charge is 2.27. The zero-order valence-corrected chi connectivity index (χ0v) is 12.0. The Bertz CT molecular complexity index is 378. The van der Waals surface area contributed by atoms with Gasteiger partial charge in [0, 0.05) is 0 Å². The number of quaternary nitrogens is 2. The molecule has 2 heterocycles. The van der Waals surface area contributed by atoms with Crippen molar-refractivity contribution in [3.8, 4) is 0 Å². The second-order valence-electron chi connectivity index (χ2n) is 6.06. The van der Waals surface area contributed by atoms with E-state index >= 15 is 0 Å². The zero-order chi connectivity index (χ0) is 13.2. The van der Waals surface area contributed by atoms with Crippen molar-refractivity contribution in [3.05, 3.63) is 5.82 Å². The van der Waals surface area contributed by atoms with Crippen LogP contribution in [0.15, 0.2) is 0 Å². The Morgan fingerprint density at radius 3 is 2.50 bits per heavy atom. The van der Waals surface area contributed by atoms with Gasteiger partial charge in [0.05, 0.1) is 12.6 Å². The van der Waals surface area contributed by atoms with Crippen LogP contribution >= 0.6 is 0 Å². The lowest BCUT2D eigenvalue weighted by Gasteiger charge is -2.28. The van der Waals surface area contributed by atoms with Crippen molar-refractivity contribution in [1.82, 2.24) is 20.2 Å². The molecule has 102 valence electrons. The molecule has 0 spiro atoms. The highest BCUT2D eigenvalue weighted by atomic mass is 15.6. The largest absolute Gasteiger partial charge is 0.328 e. The molecule has 0 amide bonds. The van der Waals surface area contributed by atoms with Crippen molar-refractivity contribution in [3.63, 3.8) is 0 Å². The standard InChI is InChI=1S/C12H24N6/c1-5-12(2,3)18-11(13-14-15-18)10-17-8-6-16(4)7-9-17/h5-10H2,1-4H3/p+2. The lowest BCUT2D eigenvalue weighted by atomic mass is 10.0. The van der Waals surface area contributed by atoms with Crippen molar-refractivity contribution in [2.75, 3.05) is 33.2 Å². The molecule has 6 nitrogen and oxygen atoms in total. The molecule has 2 rings (SSSR count). The minimum atomic E-state index is 0.0100. The smallest absolute Gasteiger partial charge is 0.206 e. The number of aromatic nitrogens is 4. The van der Waals surface area contributed by atoms with Crippen molar-refractivity contribution in [2.24, 2.45) is 0 Å². The van der Waals surface area contributed by atoms with Gasteiger partial charge >= 0.3 is 0 Å². The van der Waals surface area contributed by atoms with Crippen LogP contribution in [0, 0.1) is 0 Å². The molecule has 2 N–H and O–H groups in total. The third kappa shape index (κ3) is 2.87. The molecule has 1 aliphatic rings. The van der Waals surface area contributed by atoms with Crippen molar-refractivity contribution in [2.45, 2.75) is 39.3 Å².